The molecule has 2 aromatic rings. The summed E-state index contributed by atoms with van der Waals surface area (Å²) < 4.78 is 10.2. The van der Waals surface area contributed by atoms with Gasteiger partial charge in [-0.25, -0.2) is 9.59 Å². The first-order valence-electron chi connectivity index (χ1n) is 8.83. The number of esters is 2. The van der Waals surface area contributed by atoms with Crippen LogP contribution in [0.25, 0.3) is 0 Å². The van der Waals surface area contributed by atoms with Gasteiger partial charge in [0.25, 0.3) is 11.6 Å². The minimum Gasteiger partial charge on any atom is -0.462 e. The van der Waals surface area contributed by atoms with E-state index in [9.17, 15) is 24.5 Å². The van der Waals surface area contributed by atoms with Crippen LogP contribution in [0.5, 0.6) is 0 Å². The number of nitrogens with zero attached hydrogens (tertiary/aromatic N) is 1. The quantitative estimate of drug-likeness (QED) is 0.367. The van der Waals surface area contributed by atoms with Gasteiger partial charge in [0.05, 0.1) is 23.2 Å². The van der Waals surface area contributed by atoms with Crippen molar-refractivity contribution in [3.8, 4) is 0 Å². The molecule has 1 aromatic carbocycles. The molecule has 0 aliphatic rings. The van der Waals surface area contributed by atoms with Gasteiger partial charge in [-0.15, -0.1) is 11.3 Å². The number of nitrogens with one attached hydrogen (secondary N) is 1. The minimum absolute atomic E-state index is 0.0226. The average molecular weight is 455 g/mol. The van der Waals surface area contributed by atoms with E-state index >= 15 is 0 Å². The maximum atomic E-state index is 12.7. The molecule has 1 heterocycles. The first kappa shape index (κ1) is 23.3. The number of thiophene rings is 1. The number of benzene rings is 1. The Hall–Kier alpha value is -2.98. The largest absolute Gasteiger partial charge is 0.462 e. The summed E-state index contributed by atoms with van der Waals surface area (Å²) in [5.74, 6) is -2.07. The maximum Gasteiger partial charge on any atom is 0.348 e. The number of carbonyl (C=O) groups is 3. The Kier molecular flexibility index (Phi) is 7.52. The summed E-state index contributed by atoms with van der Waals surface area (Å²) in [5, 5.41) is 13.5. The van der Waals surface area contributed by atoms with Crippen molar-refractivity contribution < 1.29 is 28.8 Å². The Bertz CT molecular complexity index is 1020. The molecule has 0 bridgehead atoms. The third-order valence-corrected chi connectivity index (χ3v) is 5.29. The van der Waals surface area contributed by atoms with E-state index in [0.29, 0.717) is 5.56 Å². The van der Waals surface area contributed by atoms with Crippen LogP contribution in [0, 0.1) is 17.0 Å². The van der Waals surface area contributed by atoms with Gasteiger partial charge in [-0.05, 0) is 45.4 Å². The highest BCUT2D eigenvalue weighted by Crippen LogP contribution is 2.35. The molecule has 160 valence electrons. The molecule has 1 N–H and O–H groups in total. The summed E-state index contributed by atoms with van der Waals surface area (Å²) in [6.07, 6.45) is -0.377. The van der Waals surface area contributed by atoms with E-state index in [-0.39, 0.29) is 38.7 Å². The molecule has 1 aromatic heterocycles. The van der Waals surface area contributed by atoms with Crippen molar-refractivity contribution in [1.29, 1.82) is 0 Å². The molecular formula is C19H19ClN2O7S. The zero-order valence-electron chi connectivity index (χ0n) is 16.6. The molecule has 0 fully saturated rings. The lowest BCUT2D eigenvalue weighted by Crippen LogP contribution is -2.15. The van der Waals surface area contributed by atoms with E-state index in [2.05, 4.69) is 5.32 Å². The molecule has 0 unspecified atom stereocenters. The number of ether oxygens (including phenoxy) is 2. The van der Waals surface area contributed by atoms with E-state index in [1.165, 1.54) is 12.1 Å². The number of nitro benzene ring substituents is 1. The molecule has 0 aliphatic carbocycles. The van der Waals surface area contributed by atoms with Crippen molar-refractivity contribution in [2.75, 3.05) is 11.9 Å². The fourth-order valence-corrected chi connectivity index (χ4v) is 3.74. The third kappa shape index (κ3) is 5.14. The van der Waals surface area contributed by atoms with Crippen LogP contribution in [0.3, 0.4) is 0 Å². The predicted molar refractivity (Wildman–Crippen MR) is 112 cm³/mol. The molecule has 0 saturated carbocycles. The first-order valence-corrected chi connectivity index (χ1v) is 10.0. The number of halogens is 1. The van der Waals surface area contributed by atoms with E-state index in [1.807, 2.05) is 0 Å². The van der Waals surface area contributed by atoms with Gasteiger partial charge < -0.3 is 14.8 Å². The highest BCUT2D eigenvalue weighted by atomic mass is 35.5. The molecular weight excluding hydrogens is 436 g/mol. The Labute approximate surface area is 181 Å². The fraction of sp³-hybridized carbons (Fsp3) is 0.316. The van der Waals surface area contributed by atoms with Gasteiger partial charge in [0.1, 0.15) is 14.9 Å². The van der Waals surface area contributed by atoms with E-state index in [1.54, 1.807) is 27.7 Å². The first-order chi connectivity index (χ1) is 14.1. The number of amides is 1. The summed E-state index contributed by atoms with van der Waals surface area (Å²) in [5.41, 5.74) is -0.146. The lowest BCUT2D eigenvalue weighted by molar-refractivity contribution is -0.384. The highest BCUT2D eigenvalue weighted by Gasteiger charge is 2.28. The van der Waals surface area contributed by atoms with Crippen LogP contribution in [0.15, 0.2) is 18.2 Å². The fourth-order valence-electron chi connectivity index (χ4n) is 2.48. The van der Waals surface area contributed by atoms with Crippen LogP contribution in [-0.2, 0) is 9.47 Å². The summed E-state index contributed by atoms with van der Waals surface area (Å²) >= 11 is 6.63. The van der Waals surface area contributed by atoms with E-state index in [0.717, 1.165) is 17.4 Å². The summed E-state index contributed by atoms with van der Waals surface area (Å²) in [6.45, 7) is 6.63. The van der Waals surface area contributed by atoms with Gasteiger partial charge in [0.15, 0.2) is 0 Å². The molecule has 0 atom stereocenters. The van der Waals surface area contributed by atoms with Crippen molar-refractivity contribution in [3.05, 3.63) is 54.9 Å². The Morgan fingerprint density at radius 1 is 1.27 bits per heavy atom. The number of rotatable bonds is 7. The van der Waals surface area contributed by atoms with Gasteiger partial charge in [0, 0.05) is 11.6 Å². The monoisotopic (exact) mass is 454 g/mol. The SMILES string of the molecule is CCOC(=O)c1c(NC(=O)c2ccc(Cl)c([N+](=O)[O-])c2)sc(C(=O)OC(C)C)c1C. The molecule has 30 heavy (non-hydrogen) atoms. The lowest BCUT2D eigenvalue weighted by atomic mass is 10.1. The second-order valence-corrected chi connectivity index (χ2v) is 7.74. The number of nitro groups is 1. The van der Waals surface area contributed by atoms with Gasteiger partial charge >= 0.3 is 11.9 Å². The van der Waals surface area contributed by atoms with Gasteiger partial charge in [-0.1, -0.05) is 11.6 Å². The standard InChI is InChI=1S/C19H19ClN2O7S/c1-5-28-18(24)14-10(4)15(19(25)29-9(2)3)30-17(14)21-16(23)11-6-7-12(20)13(8-11)22(26)27/h6-9H,5H2,1-4H3,(H,21,23). The van der Waals surface area contributed by atoms with Crippen LogP contribution in [-0.4, -0.2) is 35.5 Å². The molecule has 9 nitrogen and oxygen atoms in total. The molecule has 0 spiro atoms. The summed E-state index contributed by atoms with van der Waals surface area (Å²) in [7, 11) is 0. The van der Waals surface area contributed by atoms with Crippen LogP contribution in [0.2, 0.25) is 5.02 Å². The average Bonchev–Trinajstić information content (AvgIpc) is 2.97. The maximum absolute atomic E-state index is 12.7. The van der Waals surface area contributed by atoms with E-state index in [4.69, 9.17) is 21.1 Å². The normalized spacial score (nSPS) is 10.6. The molecule has 11 heteroatoms. The van der Waals surface area contributed by atoms with E-state index < -0.39 is 28.5 Å². The van der Waals surface area contributed by atoms with Gasteiger partial charge in [-0.2, -0.15) is 0 Å². The minimum atomic E-state index is -0.717. The molecule has 0 saturated heterocycles. The Morgan fingerprint density at radius 2 is 1.93 bits per heavy atom. The van der Waals surface area contributed by atoms with Gasteiger partial charge in [-0.3, -0.25) is 14.9 Å². The zero-order chi connectivity index (χ0) is 22.6. The van der Waals surface area contributed by atoms with Crippen molar-refractivity contribution >= 4 is 51.5 Å². The van der Waals surface area contributed by atoms with Gasteiger partial charge in [0.2, 0.25) is 0 Å². The van der Waals surface area contributed by atoms with Crippen molar-refractivity contribution in [3.63, 3.8) is 0 Å². The zero-order valence-corrected chi connectivity index (χ0v) is 18.2. The van der Waals surface area contributed by atoms with Crippen molar-refractivity contribution in [1.82, 2.24) is 0 Å². The van der Waals surface area contributed by atoms with Crippen LogP contribution in [0.1, 0.15) is 56.7 Å². The number of anilines is 1. The van der Waals surface area contributed by atoms with Crippen molar-refractivity contribution in [2.24, 2.45) is 0 Å². The number of carbonyl (C=O) groups excluding carboxylic acids is 3. The second-order valence-electron chi connectivity index (χ2n) is 6.31. The second kappa shape index (κ2) is 9.68. The molecule has 0 aliphatic heterocycles. The summed E-state index contributed by atoms with van der Waals surface area (Å²) in [6, 6.07) is 3.56. The predicted octanol–water partition coefficient (Wildman–Crippen LogP) is 4.61. The topological polar surface area (TPSA) is 125 Å². The van der Waals surface area contributed by atoms with Crippen LogP contribution >= 0.6 is 22.9 Å². The third-order valence-electron chi connectivity index (χ3n) is 3.79. The molecule has 1 amide bonds. The summed E-state index contributed by atoms with van der Waals surface area (Å²) in [4.78, 5) is 47.9. The smallest absolute Gasteiger partial charge is 0.348 e. The molecule has 2 rings (SSSR count). The van der Waals surface area contributed by atoms with Crippen molar-refractivity contribution in [2.45, 2.75) is 33.8 Å². The Balaban J connectivity index is 2.45. The van der Waals surface area contributed by atoms with Crippen LogP contribution in [0.4, 0.5) is 10.7 Å². The highest BCUT2D eigenvalue weighted by molar-refractivity contribution is 7.18. The molecule has 0 radical (unpaired) electrons. The Morgan fingerprint density at radius 3 is 2.50 bits per heavy atom. The van der Waals surface area contributed by atoms with Crippen LogP contribution < -0.4 is 5.32 Å². The lowest BCUT2D eigenvalue weighted by Gasteiger charge is -2.07. The number of hydrogen-bond acceptors (Lipinski definition) is 8. The number of hydrogen-bond donors (Lipinski definition) is 1.